The molecule has 1 aliphatic carbocycles. The molecule has 3 N–H and O–H groups in total. The molecule has 0 bridgehead atoms. The van der Waals surface area contributed by atoms with E-state index in [1.807, 2.05) is 0 Å². The number of anilines is 1. The molecule has 7 heteroatoms. The van der Waals surface area contributed by atoms with E-state index in [9.17, 15) is 4.79 Å². The van der Waals surface area contributed by atoms with Gasteiger partial charge in [-0.05, 0) is 31.0 Å². The van der Waals surface area contributed by atoms with E-state index in [-0.39, 0.29) is 5.91 Å². The van der Waals surface area contributed by atoms with E-state index in [1.165, 1.54) is 6.33 Å². The largest absolute Gasteiger partial charge is 0.329 e. The highest BCUT2D eigenvalue weighted by Crippen LogP contribution is 2.41. The molecule has 3 rings (SSSR count). The van der Waals surface area contributed by atoms with Crippen LogP contribution < -0.4 is 11.1 Å². The average Bonchev–Trinajstić information content (AvgIpc) is 2.92. The summed E-state index contributed by atoms with van der Waals surface area (Å²) in [6.07, 6.45) is 5.70. The zero-order valence-corrected chi connectivity index (χ0v) is 12.2. The van der Waals surface area contributed by atoms with Crippen LogP contribution in [0.5, 0.6) is 0 Å². The number of carbonyl (C=O) groups excluding carboxylic acids is 1. The smallest absolute Gasteiger partial charge is 0.231 e. The van der Waals surface area contributed by atoms with E-state index < -0.39 is 5.41 Å². The highest BCUT2D eigenvalue weighted by molar-refractivity contribution is 6.31. The zero-order valence-electron chi connectivity index (χ0n) is 11.4. The monoisotopic (exact) mass is 305 g/mol. The number of carbonyl (C=O) groups is 1. The molecule has 0 radical (unpaired) electrons. The van der Waals surface area contributed by atoms with Crippen LogP contribution in [-0.2, 0) is 4.79 Å². The molecule has 1 heterocycles. The summed E-state index contributed by atoms with van der Waals surface area (Å²) in [4.78, 5) is 16.4. The van der Waals surface area contributed by atoms with Crippen molar-refractivity contribution in [3.63, 3.8) is 0 Å². The second kappa shape index (κ2) is 5.46. The number of amides is 1. The van der Waals surface area contributed by atoms with Crippen LogP contribution in [0.15, 0.2) is 30.9 Å². The van der Waals surface area contributed by atoms with E-state index in [0.29, 0.717) is 17.3 Å². The summed E-state index contributed by atoms with van der Waals surface area (Å²) in [6.45, 7) is 0.359. The third kappa shape index (κ3) is 2.52. The van der Waals surface area contributed by atoms with Crippen molar-refractivity contribution in [1.29, 1.82) is 0 Å². The van der Waals surface area contributed by atoms with Crippen molar-refractivity contribution in [2.24, 2.45) is 11.1 Å². The SMILES string of the molecule is NCC1(C(=O)Nc2cc(Cl)ccc2-n2cncn2)CCC1. The van der Waals surface area contributed by atoms with Crippen LogP contribution in [-0.4, -0.2) is 27.2 Å². The number of hydrogen-bond acceptors (Lipinski definition) is 4. The molecule has 1 amide bonds. The van der Waals surface area contributed by atoms with Crippen molar-refractivity contribution >= 4 is 23.2 Å². The lowest BCUT2D eigenvalue weighted by atomic mass is 9.68. The van der Waals surface area contributed by atoms with Gasteiger partial charge in [0.2, 0.25) is 5.91 Å². The predicted octanol–water partition coefficient (Wildman–Crippen LogP) is 1.99. The Bertz CT molecular complexity index is 646. The molecule has 0 atom stereocenters. The maximum absolute atomic E-state index is 12.5. The molecule has 1 saturated carbocycles. The molecule has 1 aromatic carbocycles. The van der Waals surface area contributed by atoms with Crippen molar-refractivity contribution in [3.05, 3.63) is 35.9 Å². The maximum atomic E-state index is 12.5. The predicted molar refractivity (Wildman–Crippen MR) is 80.3 cm³/mol. The van der Waals surface area contributed by atoms with E-state index in [1.54, 1.807) is 29.2 Å². The Morgan fingerprint density at radius 3 is 2.86 bits per heavy atom. The molecule has 6 nitrogen and oxygen atoms in total. The molecular formula is C14H16ClN5O. The number of halogens is 1. The summed E-state index contributed by atoms with van der Waals surface area (Å²) < 4.78 is 1.59. The number of nitrogens with one attached hydrogen (secondary N) is 1. The summed E-state index contributed by atoms with van der Waals surface area (Å²) in [7, 11) is 0. The molecule has 1 aromatic heterocycles. The quantitative estimate of drug-likeness (QED) is 0.904. The van der Waals surface area contributed by atoms with Crippen LogP contribution in [0.1, 0.15) is 19.3 Å². The number of nitrogens with zero attached hydrogens (tertiary/aromatic N) is 3. The van der Waals surface area contributed by atoms with Crippen LogP contribution in [0.25, 0.3) is 5.69 Å². The Labute approximate surface area is 127 Å². The van der Waals surface area contributed by atoms with Gasteiger partial charge in [-0.2, -0.15) is 5.10 Å². The topological polar surface area (TPSA) is 85.8 Å². The van der Waals surface area contributed by atoms with Crippen molar-refractivity contribution < 1.29 is 4.79 Å². The van der Waals surface area contributed by atoms with E-state index in [4.69, 9.17) is 17.3 Å². The highest BCUT2D eigenvalue weighted by atomic mass is 35.5. The maximum Gasteiger partial charge on any atom is 0.231 e. The molecule has 110 valence electrons. The van der Waals surface area contributed by atoms with Gasteiger partial charge >= 0.3 is 0 Å². The van der Waals surface area contributed by atoms with Gasteiger partial charge in [0.25, 0.3) is 0 Å². The van der Waals surface area contributed by atoms with Gasteiger partial charge in [0.15, 0.2) is 0 Å². The fourth-order valence-corrected chi connectivity index (χ4v) is 2.70. The van der Waals surface area contributed by atoms with E-state index >= 15 is 0 Å². The minimum atomic E-state index is -0.443. The Morgan fingerprint density at radius 1 is 1.48 bits per heavy atom. The normalized spacial score (nSPS) is 16.3. The Hall–Kier alpha value is -1.92. The lowest BCUT2D eigenvalue weighted by Gasteiger charge is -2.39. The van der Waals surface area contributed by atoms with Crippen LogP contribution in [0.2, 0.25) is 5.02 Å². The minimum absolute atomic E-state index is 0.0557. The number of hydrogen-bond donors (Lipinski definition) is 2. The van der Waals surface area contributed by atoms with Gasteiger partial charge in [-0.1, -0.05) is 18.0 Å². The molecule has 1 aliphatic rings. The number of aromatic nitrogens is 3. The third-order valence-corrected chi connectivity index (χ3v) is 4.29. The molecule has 0 unspecified atom stereocenters. The first-order chi connectivity index (χ1) is 10.1. The number of nitrogens with two attached hydrogens (primary N) is 1. The summed E-state index contributed by atoms with van der Waals surface area (Å²) in [6, 6.07) is 5.25. The van der Waals surface area contributed by atoms with Gasteiger partial charge in [-0.25, -0.2) is 9.67 Å². The minimum Gasteiger partial charge on any atom is -0.329 e. The van der Waals surface area contributed by atoms with Crippen molar-refractivity contribution in [2.75, 3.05) is 11.9 Å². The standard InChI is InChI=1S/C14H16ClN5O/c15-10-2-3-12(20-9-17-8-18-20)11(6-10)19-13(21)14(7-16)4-1-5-14/h2-3,6,8-9H,1,4-5,7,16H2,(H,19,21). The molecule has 21 heavy (non-hydrogen) atoms. The van der Waals surface area contributed by atoms with Gasteiger partial charge < -0.3 is 11.1 Å². The highest BCUT2D eigenvalue weighted by Gasteiger charge is 2.43. The van der Waals surface area contributed by atoms with Gasteiger partial charge in [-0.15, -0.1) is 0 Å². The Balaban J connectivity index is 1.91. The molecule has 0 saturated heterocycles. The second-order valence-corrected chi connectivity index (χ2v) is 5.73. The average molecular weight is 306 g/mol. The number of rotatable bonds is 4. The summed E-state index contributed by atoms with van der Waals surface area (Å²) >= 11 is 6.04. The molecular weight excluding hydrogens is 290 g/mol. The second-order valence-electron chi connectivity index (χ2n) is 5.29. The van der Waals surface area contributed by atoms with Crippen LogP contribution in [0.3, 0.4) is 0 Å². The first-order valence-electron chi connectivity index (χ1n) is 6.81. The lowest BCUT2D eigenvalue weighted by Crippen LogP contribution is -2.47. The Kier molecular flexibility index (Phi) is 3.65. The molecule has 0 aliphatic heterocycles. The molecule has 2 aromatic rings. The van der Waals surface area contributed by atoms with Crippen LogP contribution >= 0.6 is 11.6 Å². The third-order valence-electron chi connectivity index (χ3n) is 4.06. The number of benzene rings is 1. The van der Waals surface area contributed by atoms with Crippen LogP contribution in [0, 0.1) is 5.41 Å². The summed E-state index contributed by atoms with van der Waals surface area (Å²) in [5.74, 6) is -0.0557. The summed E-state index contributed by atoms with van der Waals surface area (Å²) in [5, 5.41) is 7.57. The van der Waals surface area contributed by atoms with Gasteiger partial charge in [0, 0.05) is 11.6 Å². The molecule has 1 fully saturated rings. The molecule has 0 spiro atoms. The first-order valence-corrected chi connectivity index (χ1v) is 7.18. The van der Waals surface area contributed by atoms with E-state index in [2.05, 4.69) is 15.4 Å². The van der Waals surface area contributed by atoms with Crippen LogP contribution in [0.4, 0.5) is 5.69 Å². The Morgan fingerprint density at radius 2 is 2.29 bits per heavy atom. The summed E-state index contributed by atoms with van der Waals surface area (Å²) in [5.41, 5.74) is 6.66. The van der Waals surface area contributed by atoms with Gasteiger partial charge in [-0.3, -0.25) is 4.79 Å². The fourth-order valence-electron chi connectivity index (χ4n) is 2.52. The van der Waals surface area contributed by atoms with Gasteiger partial charge in [0.05, 0.1) is 16.8 Å². The lowest BCUT2D eigenvalue weighted by molar-refractivity contribution is -0.129. The van der Waals surface area contributed by atoms with Crippen molar-refractivity contribution in [1.82, 2.24) is 14.8 Å². The van der Waals surface area contributed by atoms with Crippen molar-refractivity contribution in [3.8, 4) is 5.69 Å². The first kappa shape index (κ1) is 14.0. The van der Waals surface area contributed by atoms with Gasteiger partial charge in [0.1, 0.15) is 12.7 Å². The zero-order chi connectivity index (χ0) is 14.9. The fraction of sp³-hybridized carbons (Fsp3) is 0.357. The van der Waals surface area contributed by atoms with E-state index in [0.717, 1.165) is 24.9 Å². The van der Waals surface area contributed by atoms with Crippen molar-refractivity contribution in [2.45, 2.75) is 19.3 Å².